The summed E-state index contributed by atoms with van der Waals surface area (Å²) in [5.74, 6) is 0.381. The number of aryl methyl sites for hydroxylation is 1. The van der Waals surface area contributed by atoms with Crippen molar-refractivity contribution in [2.45, 2.75) is 71.4 Å². The van der Waals surface area contributed by atoms with Gasteiger partial charge in [0.25, 0.3) is 0 Å². The van der Waals surface area contributed by atoms with Gasteiger partial charge < -0.3 is 30.5 Å². The number of phenolic OH excluding ortho intramolecular Hbond substituents is 3. The summed E-state index contributed by atoms with van der Waals surface area (Å²) in [5.41, 5.74) is 2.83. The van der Waals surface area contributed by atoms with Crippen LogP contribution in [0.4, 0.5) is 5.69 Å². The summed E-state index contributed by atoms with van der Waals surface area (Å²) in [5, 5.41) is 44.3. The number of hydrogen-bond donors (Lipinski definition) is 5. The van der Waals surface area contributed by atoms with Gasteiger partial charge in [-0.15, -0.1) is 0 Å². The Bertz CT molecular complexity index is 938. The second-order valence-corrected chi connectivity index (χ2v) is 8.14. The number of nitrogens with one attached hydrogen (secondary N) is 1. The van der Waals surface area contributed by atoms with Crippen molar-refractivity contribution in [2.75, 3.05) is 5.32 Å². The molecular formula is C25H33NO5. The summed E-state index contributed by atoms with van der Waals surface area (Å²) in [4.78, 5) is 0. The highest BCUT2D eigenvalue weighted by Crippen LogP contribution is 2.45. The molecule has 0 bridgehead atoms. The van der Waals surface area contributed by atoms with E-state index in [4.69, 9.17) is 4.74 Å². The minimum absolute atomic E-state index is 0.0255. The van der Waals surface area contributed by atoms with Gasteiger partial charge in [0.1, 0.15) is 17.7 Å². The van der Waals surface area contributed by atoms with Crippen molar-refractivity contribution in [3.63, 3.8) is 0 Å². The van der Waals surface area contributed by atoms with Crippen LogP contribution in [0.2, 0.25) is 0 Å². The van der Waals surface area contributed by atoms with Crippen molar-refractivity contribution in [3.8, 4) is 28.7 Å². The lowest BCUT2D eigenvalue weighted by Gasteiger charge is -2.27. The summed E-state index contributed by atoms with van der Waals surface area (Å²) in [6, 6.07) is 5.91. The lowest BCUT2D eigenvalue weighted by atomic mass is 9.97. The van der Waals surface area contributed by atoms with Gasteiger partial charge in [-0.3, -0.25) is 0 Å². The van der Waals surface area contributed by atoms with Crippen LogP contribution in [0.25, 0.3) is 6.08 Å². The van der Waals surface area contributed by atoms with Gasteiger partial charge in [-0.2, -0.15) is 0 Å². The number of aliphatic hydroxyl groups is 1. The number of phenols is 3. The summed E-state index contributed by atoms with van der Waals surface area (Å²) in [6.45, 7) is 4.24. The Balaban J connectivity index is 1.94. The maximum atomic E-state index is 10.6. The molecule has 0 saturated heterocycles. The van der Waals surface area contributed by atoms with Gasteiger partial charge in [-0.05, 0) is 49.5 Å². The van der Waals surface area contributed by atoms with Gasteiger partial charge in [0.15, 0.2) is 17.2 Å². The number of ether oxygens (including phenoxy) is 1. The van der Waals surface area contributed by atoms with Crippen LogP contribution in [-0.4, -0.2) is 26.7 Å². The Morgan fingerprint density at radius 3 is 2.26 bits per heavy atom. The molecular weight excluding hydrogens is 394 g/mol. The molecule has 0 aromatic heterocycles. The molecule has 31 heavy (non-hydrogen) atoms. The first-order chi connectivity index (χ1) is 14.9. The summed E-state index contributed by atoms with van der Waals surface area (Å²) < 4.78 is 6.06. The SMILES string of the molecule is CCCCCC1=Cc2cc(O)cc(Oc3c(O)cc(O)cc3CCCCC)c2NC1O. The van der Waals surface area contributed by atoms with Crippen LogP contribution >= 0.6 is 0 Å². The smallest absolute Gasteiger partial charge is 0.172 e. The summed E-state index contributed by atoms with van der Waals surface area (Å²) in [7, 11) is 0. The Labute approximate surface area is 183 Å². The first-order valence-corrected chi connectivity index (χ1v) is 11.2. The van der Waals surface area contributed by atoms with E-state index in [9.17, 15) is 20.4 Å². The molecule has 1 heterocycles. The number of fused-ring (bicyclic) bond motifs is 1. The molecule has 3 rings (SSSR count). The Morgan fingerprint density at radius 2 is 1.55 bits per heavy atom. The lowest BCUT2D eigenvalue weighted by Crippen LogP contribution is -2.25. The number of aliphatic hydroxyl groups excluding tert-OH is 1. The van der Waals surface area contributed by atoms with Crippen molar-refractivity contribution in [2.24, 2.45) is 0 Å². The minimum atomic E-state index is -0.839. The fraction of sp³-hybridized carbons (Fsp3) is 0.440. The van der Waals surface area contributed by atoms with Crippen LogP contribution in [0.15, 0.2) is 29.8 Å². The molecule has 0 fully saturated rings. The average Bonchev–Trinajstić information content (AvgIpc) is 2.71. The maximum Gasteiger partial charge on any atom is 0.172 e. The van der Waals surface area contributed by atoms with E-state index in [0.29, 0.717) is 23.4 Å². The van der Waals surface area contributed by atoms with Crippen LogP contribution in [-0.2, 0) is 6.42 Å². The van der Waals surface area contributed by atoms with E-state index in [2.05, 4.69) is 19.2 Å². The zero-order valence-corrected chi connectivity index (χ0v) is 18.3. The zero-order valence-electron chi connectivity index (χ0n) is 18.3. The van der Waals surface area contributed by atoms with Gasteiger partial charge in [0.2, 0.25) is 0 Å². The molecule has 6 heteroatoms. The van der Waals surface area contributed by atoms with E-state index in [1.807, 2.05) is 6.08 Å². The minimum Gasteiger partial charge on any atom is -0.508 e. The molecule has 0 saturated carbocycles. The highest BCUT2D eigenvalue weighted by molar-refractivity contribution is 5.79. The fourth-order valence-electron chi connectivity index (χ4n) is 3.90. The Kier molecular flexibility index (Phi) is 7.69. The lowest BCUT2D eigenvalue weighted by molar-refractivity contribution is 0.234. The van der Waals surface area contributed by atoms with E-state index < -0.39 is 6.23 Å². The van der Waals surface area contributed by atoms with Crippen LogP contribution in [0, 0.1) is 0 Å². The Hall–Kier alpha value is -2.86. The van der Waals surface area contributed by atoms with E-state index >= 15 is 0 Å². The number of hydrogen-bond acceptors (Lipinski definition) is 6. The number of unbranched alkanes of at least 4 members (excludes halogenated alkanes) is 4. The first kappa shape index (κ1) is 22.8. The van der Waals surface area contributed by atoms with Crippen LogP contribution in [0.5, 0.6) is 28.7 Å². The molecule has 168 valence electrons. The molecule has 0 aliphatic carbocycles. The topological polar surface area (TPSA) is 102 Å². The molecule has 1 aliphatic rings. The van der Waals surface area contributed by atoms with Crippen molar-refractivity contribution >= 4 is 11.8 Å². The van der Waals surface area contributed by atoms with Crippen molar-refractivity contribution in [1.82, 2.24) is 0 Å². The van der Waals surface area contributed by atoms with E-state index in [1.165, 1.54) is 12.1 Å². The van der Waals surface area contributed by atoms with Gasteiger partial charge in [-0.25, -0.2) is 0 Å². The zero-order chi connectivity index (χ0) is 22.4. The fourth-order valence-corrected chi connectivity index (χ4v) is 3.90. The third kappa shape index (κ3) is 5.64. The molecule has 5 N–H and O–H groups in total. The molecule has 1 unspecified atom stereocenters. The first-order valence-electron chi connectivity index (χ1n) is 11.2. The highest BCUT2D eigenvalue weighted by atomic mass is 16.5. The number of rotatable bonds is 10. The van der Waals surface area contributed by atoms with E-state index in [0.717, 1.165) is 56.1 Å². The summed E-state index contributed by atoms with van der Waals surface area (Å²) in [6.07, 6.45) is 8.61. The second-order valence-electron chi connectivity index (χ2n) is 8.14. The van der Waals surface area contributed by atoms with Gasteiger partial charge >= 0.3 is 0 Å². The summed E-state index contributed by atoms with van der Waals surface area (Å²) >= 11 is 0. The molecule has 1 aliphatic heterocycles. The molecule has 0 radical (unpaired) electrons. The van der Waals surface area contributed by atoms with E-state index in [-0.39, 0.29) is 23.0 Å². The van der Waals surface area contributed by atoms with E-state index in [1.54, 1.807) is 12.1 Å². The predicted octanol–water partition coefficient (Wildman–Crippen LogP) is 6.04. The number of benzene rings is 2. The molecule has 6 nitrogen and oxygen atoms in total. The van der Waals surface area contributed by atoms with Gasteiger partial charge in [0, 0.05) is 23.3 Å². The average molecular weight is 428 g/mol. The van der Waals surface area contributed by atoms with Crippen LogP contribution in [0.3, 0.4) is 0 Å². The van der Waals surface area contributed by atoms with Crippen LogP contribution < -0.4 is 10.1 Å². The highest BCUT2D eigenvalue weighted by Gasteiger charge is 2.24. The van der Waals surface area contributed by atoms with Crippen LogP contribution in [0.1, 0.15) is 69.9 Å². The maximum absolute atomic E-state index is 10.6. The van der Waals surface area contributed by atoms with Crippen molar-refractivity contribution in [3.05, 3.63) is 41.0 Å². The predicted molar refractivity (Wildman–Crippen MR) is 123 cm³/mol. The third-order valence-electron chi connectivity index (χ3n) is 5.55. The normalized spacial score (nSPS) is 15.2. The van der Waals surface area contributed by atoms with Gasteiger partial charge in [-0.1, -0.05) is 39.5 Å². The third-order valence-corrected chi connectivity index (χ3v) is 5.55. The molecule has 2 aromatic carbocycles. The van der Waals surface area contributed by atoms with Crippen molar-refractivity contribution in [1.29, 1.82) is 0 Å². The monoisotopic (exact) mass is 427 g/mol. The number of aromatic hydroxyl groups is 3. The quantitative estimate of drug-likeness (QED) is 0.234. The molecule has 2 aromatic rings. The standard InChI is InChI=1S/C25H33NO5/c1-3-5-7-9-16-12-19(27)14-21(29)24(16)31-22-15-20(28)13-18-11-17(10-8-6-4-2)25(30)26-23(18)22/h11-15,25-30H,3-10H2,1-2H3. The molecule has 1 atom stereocenters. The van der Waals surface area contributed by atoms with Crippen molar-refractivity contribution < 1.29 is 25.2 Å². The second kappa shape index (κ2) is 10.4. The Morgan fingerprint density at radius 1 is 0.871 bits per heavy atom. The molecule has 0 amide bonds. The van der Waals surface area contributed by atoms with Gasteiger partial charge in [0.05, 0.1) is 5.69 Å². The largest absolute Gasteiger partial charge is 0.508 e. The number of anilines is 1. The molecule has 0 spiro atoms.